The van der Waals surface area contributed by atoms with E-state index in [9.17, 15) is 9.59 Å². The number of aryl methyl sites for hydroxylation is 2. The molecule has 0 bridgehead atoms. The van der Waals surface area contributed by atoms with Crippen molar-refractivity contribution in [2.24, 2.45) is 0 Å². The quantitative estimate of drug-likeness (QED) is 0.844. The van der Waals surface area contributed by atoms with E-state index in [1.807, 2.05) is 26.0 Å². The van der Waals surface area contributed by atoms with E-state index in [1.54, 1.807) is 7.11 Å². The van der Waals surface area contributed by atoms with Crippen LogP contribution in [0.3, 0.4) is 0 Å². The summed E-state index contributed by atoms with van der Waals surface area (Å²) in [6, 6.07) is 2.86. The SMILES string of the molecule is COc1cc(C)c(C)cc1CC(=O)NC(C)C(=O)O. The maximum atomic E-state index is 11.8. The molecule has 0 radical (unpaired) electrons. The summed E-state index contributed by atoms with van der Waals surface area (Å²) in [4.78, 5) is 22.4. The minimum absolute atomic E-state index is 0.0991. The van der Waals surface area contributed by atoms with Gasteiger partial charge >= 0.3 is 5.97 Å². The third kappa shape index (κ3) is 3.98. The molecular formula is C14H19NO4. The number of methoxy groups -OCH3 is 1. The Hall–Kier alpha value is -2.04. The number of rotatable bonds is 5. The first-order valence-corrected chi connectivity index (χ1v) is 6.01. The molecule has 0 heterocycles. The summed E-state index contributed by atoms with van der Waals surface area (Å²) in [5.41, 5.74) is 2.90. The van der Waals surface area contributed by atoms with Crippen molar-refractivity contribution >= 4 is 11.9 Å². The number of aliphatic carboxylic acids is 1. The standard InChI is InChI=1S/C14H19NO4/c1-8-5-11(12(19-4)6-9(8)2)7-13(16)15-10(3)14(17)18/h5-6,10H,7H2,1-4H3,(H,15,16)(H,17,18). The molecule has 0 aliphatic rings. The van der Waals surface area contributed by atoms with Crippen molar-refractivity contribution < 1.29 is 19.4 Å². The second-order valence-electron chi connectivity index (χ2n) is 4.55. The highest BCUT2D eigenvalue weighted by atomic mass is 16.5. The van der Waals surface area contributed by atoms with E-state index >= 15 is 0 Å². The average Bonchev–Trinajstić information content (AvgIpc) is 2.33. The summed E-state index contributed by atoms with van der Waals surface area (Å²) < 4.78 is 5.24. The van der Waals surface area contributed by atoms with Crippen molar-refractivity contribution in [2.45, 2.75) is 33.2 Å². The number of benzene rings is 1. The van der Waals surface area contributed by atoms with Crippen LogP contribution in [-0.2, 0) is 16.0 Å². The summed E-state index contributed by atoms with van der Waals surface area (Å²) in [7, 11) is 1.55. The Bertz CT molecular complexity index is 496. The highest BCUT2D eigenvalue weighted by molar-refractivity contribution is 5.85. The molecule has 0 saturated heterocycles. The van der Waals surface area contributed by atoms with Gasteiger partial charge < -0.3 is 15.2 Å². The minimum atomic E-state index is -1.06. The number of hydrogen-bond donors (Lipinski definition) is 2. The summed E-state index contributed by atoms with van der Waals surface area (Å²) in [5, 5.41) is 11.2. The predicted molar refractivity (Wildman–Crippen MR) is 71.4 cm³/mol. The molecule has 1 amide bonds. The van der Waals surface area contributed by atoms with E-state index in [0.29, 0.717) is 5.75 Å². The highest BCUT2D eigenvalue weighted by Crippen LogP contribution is 2.23. The first-order valence-electron chi connectivity index (χ1n) is 6.01. The van der Waals surface area contributed by atoms with Gasteiger partial charge in [-0.3, -0.25) is 9.59 Å². The van der Waals surface area contributed by atoms with Crippen molar-refractivity contribution in [2.75, 3.05) is 7.11 Å². The zero-order chi connectivity index (χ0) is 14.6. The van der Waals surface area contributed by atoms with Crippen LogP contribution in [0.15, 0.2) is 12.1 Å². The largest absolute Gasteiger partial charge is 0.496 e. The summed E-state index contributed by atoms with van der Waals surface area (Å²) in [6.07, 6.45) is 0.0991. The van der Waals surface area contributed by atoms with Crippen LogP contribution in [0.5, 0.6) is 5.75 Å². The molecule has 2 N–H and O–H groups in total. The Morgan fingerprint density at radius 1 is 1.32 bits per heavy atom. The fourth-order valence-electron chi connectivity index (χ4n) is 1.70. The molecule has 0 spiro atoms. The fraction of sp³-hybridized carbons (Fsp3) is 0.429. The molecule has 1 aromatic rings. The zero-order valence-corrected chi connectivity index (χ0v) is 11.6. The molecule has 5 nitrogen and oxygen atoms in total. The zero-order valence-electron chi connectivity index (χ0n) is 11.6. The van der Waals surface area contributed by atoms with Crippen LogP contribution in [0.25, 0.3) is 0 Å². The predicted octanol–water partition coefficient (Wildman–Crippen LogP) is 1.44. The molecule has 0 fully saturated rings. The third-order valence-corrected chi connectivity index (χ3v) is 3.00. The van der Waals surface area contributed by atoms with Crippen LogP contribution in [0.4, 0.5) is 0 Å². The molecule has 19 heavy (non-hydrogen) atoms. The van der Waals surface area contributed by atoms with Crippen molar-refractivity contribution in [3.05, 3.63) is 28.8 Å². The molecule has 0 aliphatic carbocycles. The maximum absolute atomic E-state index is 11.8. The Morgan fingerprint density at radius 3 is 2.42 bits per heavy atom. The number of carboxylic acids is 1. The minimum Gasteiger partial charge on any atom is -0.496 e. The van der Waals surface area contributed by atoms with Gasteiger partial charge in [0, 0.05) is 5.56 Å². The monoisotopic (exact) mass is 265 g/mol. The Balaban J connectivity index is 2.84. The lowest BCUT2D eigenvalue weighted by atomic mass is 10.0. The van der Waals surface area contributed by atoms with Crippen LogP contribution in [0.1, 0.15) is 23.6 Å². The number of amides is 1. The van der Waals surface area contributed by atoms with E-state index in [-0.39, 0.29) is 12.3 Å². The Labute approximate surface area is 112 Å². The van der Waals surface area contributed by atoms with Gasteiger partial charge in [-0.25, -0.2) is 0 Å². The molecular weight excluding hydrogens is 246 g/mol. The van der Waals surface area contributed by atoms with E-state index in [0.717, 1.165) is 16.7 Å². The van der Waals surface area contributed by atoms with Crippen molar-refractivity contribution in [1.82, 2.24) is 5.32 Å². The first kappa shape index (κ1) is 15.0. The molecule has 1 atom stereocenters. The molecule has 1 unspecified atom stereocenters. The molecule has 1 aromatic carbocycles. The second kappa shape index (κ2) is 6.22. The van der Waals surface area contributed by atoms with Gasteiger partial charge in [0.15, 0.2) is 0 Å². The third-order valence-electron chi connectivity index (χ3n) is 3.00. The van der Waals surface area contributed by atoms with Gasteiger partial charge in [0.25, 0.3) is 0 Å². The van der Waals surface area contributed by atoms with E-state index in [4.69, 9.17) is 9.84 Å². The van der Waals surface area contributed by atoms with E-state index in [2.05, 4.69) is 5.32 Å². The average molecular weight is 265 g/mol. The summed E-state index contributed by atoms with van der Waals surface area (Å²) in [5.74, 6) is -0.752. The molecule has 0 aliphatic heterocycles. The van der Waals surface area contributed by atoms with Crippen LogP contribution in [0.2, 0.25) is 0 Å². The second-order valence-corrected chi connectivity index (χ2v) is 4.55. The van der Waals surface area contributed by atoms with Crippen LogP contribution in [0, 0.1) is 13.8 Å². The number of ether oxygens (including phenoxy) is 1. The van der Waals surface area contributed by atoms with Gasteiger partial charge in [0.1, 0.15) is 11.8 Å². The molecule has 1 rings (SSSR count). The lowest BCUT2D eigenvalue weighted by Gasteiger charge is -2.13. The van der Waals surface area contributed by atoms with Crippen molar-refractivity contribution in [3.8, 4) is 5.75 Å². The van der Waals surface area contributed by atoms with Crippen LogP contribution in [-0.4, -0.2) is 30.1 Å². The van der Waals surface area contributed by atoms with Crippen molar-refractivity contribution in [3.63, 3.8) is 0 Å². The molecule has 0 saturated carbocycles. The molecule has 104 valence electrons. The van der Waals surface area contributed by atoms with Gasteiger partial charge in [-0.05, 0) is 38.0 Å². The maximum Gasteiger partial charge on any atom is 0.325 e. The van der Waals surface area contributed by atoms with Gasteiger partial charge in [0.2, 0.25) is 5.91 Å². The number of hydrogen-bond acceptors (Lipinski definition) is 3. The Morgan fingerprint density at radius 2 is 1.89 bits per heavy atom. The van der Waals surface area contributed by atoms with Crippen molar-refractivity contribution in [1.29, 1.82) is 0 Å². The lowest BCUT2D eigenvalue weighted by molar-refractivity contribution is -0.141. The first-order chi connectivity index (χ1) is 8.85. The van der Waals surface area contributed by atoms with E-state index < -0.39 is 12.0 Å². The number of carboxylic acid groups (broad SMARTS) is 1. The number of nitrogens with one attached hydrogen (secondary N) is 1. The van der Waals surface area contributed by atoms with Gasteiger partial charge in [-0.15, -0.1) is 0 Å². The topological polar surface area (TPSA) is 75.6 Å². The van der Waals surface area contributed by atoms with E-state index in [1.165, 1.54) is 6.92 Å². The van der Waals surface area contributed by atoms with Gasteiger partial charge in [0.05, 0.1) is 13.5 Å². The normalized spacial score (nSPS) is 11.8. The highest BCUT2D eigenvalue weighted by Gasteiger charge is 2.16. The number of carbonyl (C=O) groups is 2. The molecule has 5 heteroatoms. The van der Waals surface area contributed by atoms with Gasteiger partial charge in [-0.2, -0.15) is 0 Å². The molecule has 0 aromatic heterocycles. The fourth-order valence-corrected chi connectivity index (χ4v) is 1.70. The summed E-state index contributed by atoms with van der Waals surface area (Å²) >= 11 is 0. The van der Waals surface area contributed by atoms with Crippen LogP contribution >= 0.6 is 0 Å². The van der Waals surface area contributed by atoms with Gasteiger partial charge in [-0.1, -0.05) is 6.07 Å². The Kier molecular flexibility index (Phi) is 4.92. The lowest BCUT2D eigenvalue weighted by Crippen LogP contribution is -2.39. The van der Waals surface area contributed by atoms with Crippen LogP contribution < -0.4 is 10.1 Å². The number of carbonyl (C=O) groups excluding carboxylic acids is 1. The smallest absolute Gasteiger partial charge is 0.325 e. The summed E-state index contributed by atoms with van der Waals surface area (Å²) in [6.45, 7) is 5.35.